The van der Waals surface area contributed by atoms with E-state index in [1.807, 2.05) is 0 Å². The highest BCUT2D eigenvalue weighted by molar-refractivity contribution is 9.10. The van der Waals surface area contributed by atoms with Crippen LogP contribution in [-0.2, 0) is 6.42 Å². The van der Waals surface area contributed by atoms with E-state index < -0.39 is 0 Å². The average molecular weight is 412 g/mol. The predicted octanol–water partition coefficient (Wildman–Crippen LogP) is 5.19. The fraction of sp³-hybridized carbons (Fsp3) is 0.294. The molecule has 3 rings (SSSR count). The van der Waals surface area contributed by atoms with E-state index in [1.54, 1.807) is 7.11 Å². The predicted molar refractivity (Wildman–Crippen MR) is 91.8 cm³/mol. The highest BCUT2D eigenvalue weighted by Gasteiger charge is 2.20. The van der Waals surface area contributed by atoms with Crippen LogP contribution >= 0.6 is 31.9 Å². The van der Waals surface area contributed by atoms with Crippen LogP contribution in [0.1, 0.15) is 27.1 Å². The molecule has 0 saturated carbocycles. The van der Waals surface area contributed by atoms with Gasteiger partial charge in [0.25, 0.3) is 0 Å². The molecule has 1 atom stereocenters. The molecule has 4 heteroatoms. The van der Waals surface area contributed by atoms with Crippen molar-refractivity contribution in [2.24, 2.45) is 0 Å². The number of hydrogen-bond acceptors (Lipinski definition) is 2. The van der Waals surface area contributed by atoms with Gasteiger partial charge in [0.05, 0.1) is 18.5 Å². The summed E-state index contributed by atoms with van der Waals surface area (Å²) in [6, 6.07) is 10.6. The van der Waals surface area contributed by atoms with Gasteiger partial charge in [-0.3, -0.25) is 0 Å². The van der Waals surface area contributed by atoms with Crippen LogP contribution < -0.4 is 9.47 Å². The first kappa shape index (κ1) is 14.9. The van der Waals surface area contributed by atoms with Crippen molar-refractivity contribution in [2.45, 2.75) is 18.2 Å². The van der Waals surface area contributed by atoms with Gasteiger partial charge in [-0.1, -0.05) is 44.0 Å². The van der Waals surface area contributed by atoms with Crippen LogP contribution in [0, 0.1) is 6.92 Å². The summed E-state index contributed by atoms with van der Waals surface area (Å²) >= 11 is 7.41. The van der Waals surface area contributed by atoms with Crippen molar-refractivity contribution in [2.75, 3.05) is 13.7 Å². The summed E-state index contributed by atoms with van der Waals surface area (Å²) < 4.78 is 12.2. The molecule has 0 N–H and O–H groups in total. The molecule has 1 aliphatic heterocycles. The van der Waals surface area contributed by atoms with Crippen LogP contribution in [0.25, 0.3) is 0 Å². The first-order valence-electron chi connectivity index (χ1n) is 6.84. The number of alkyl halides is 1. The van der Waals surface area contributed by atoms with Crippen molar-refractivity contribution in [1.82, 2.24) is 0 Å². The number of fused-ring (bicyclic) bond motifs is 1. The van der Waals surface area contributed by atoms with Crippen LogP contribution in [0.3, 0.4) is 0 Å². The molecule has 0 bridgehead atoms. The van der Waals surface area contributed by atoms with Gasteiger partial charge >= 0.3 is 0 Å². The molecule has 0 radical (unpaired) electrons. The van der Waals surface area contributed by atoms with E-state index in [9.17, 15) is 0 Å². The minimum Gasteiger partial charge on any atom is -0.496 e. The van der Waals surface area contributed by atoms with Crippen molar-refractivity contribution in [1.29, 1.82) is 0 Å². The minimum atomic E-state index is 0.0928. The Kier molecular flexibility index (Phi) is 4.27. The molecule has 0 saturated heterocycles. The topological polar surface area (TPSA) is 18.5 Å². The molecule has 0 aliphatic carbocycles. The summed E-state index contributed by atoms with van der Waals surface area (Å²) in [6.45, 7) is 2.84. The number of rotatable bonds is 3. The van der Waals surface area contributed by atoms with Crippen LogP contribution in [0.4, 0.5) is 0 Å². The fourth-order valence-electron chi connectivity index (χ4n) is 2.59. The first-order valence-corrected chi connectivity index (χ1v) is 8.54. The summed E-state index contributed by atoms with van der Waals surface area (Å²) in [5.74, 6) is 1.91. The molecule has 21 heavy (non-hydrogen) atoms. The lowest BCUT2D eigenvalue weighted by molar-refractivity contribution is 0.357. The average Bonchev–Trinajstić information content (AvgIpc) is 2.96. The molecule has 1 heterocycles. The fourth-order valence-corrected chi connectivity index (χ4v) is 3.59. The third-order valence-corrected chi connectivity index (χ3v) is 5.67. The van der Waals surface area contributed by atoms with Gasteiger partial charge in [0.15, 0.2) is 0 Å². The molecule has 110 valence electrons. The lowest BCUT2D eigenvalue weighted by Gasteiger charge is -2.17. The molecule has 2 aromatic carbocycles. The maximum absolute atomic E-state index is 5.57. The second-order valence-corrected chi connectivity index (χ2v) is 6.94. The molecule has 0 amide bonds. The zero-order valence-electron chi connectivity index (χ0n) is 12.0. The van der Waals surface area contributed by atoms with Gasteiger partial charge in [0.2, 0.25) is 0 Å². The van der Waals surface area contributed by atoms with Crippen molar-refractivity contribution < 1.29 is 9.47 Å². The summed E-state index contributed by atoms with van der Waals surface area (Å²) in [4.78, 5) is 0.0928. The van der Waals surface area contributed by atoms with Gasteiger partial charge < -0.3 is 9.47 Å². The standard InChI is InChI=1S/C17H16Br2O2/c1-10-7-16(20-2)13(9-14(10)18)17(19)12-3-4-15-11(8-12)5-6-21-15/h3-4,7-9,17H,5-6H2,1-2H3. The molecule has 1 aliphatic rings. The maximum Gasteiger partial charge on any atom is 0.123 e. The minimum absolute atomic E-state index is 0.0928. The van der Waals surface area contributed by atoms with Crippen molar-refractivity contribution >= 4 is 31.9 Å². The Morgan fingerprint density at radius 3 is 2.81 bits per heavy atom. The van der Waals surface area contributed by atoms with E-state index in [-0.39, 0.29) is 4.83 Å². The van der Waals surface area contributed by atoms with Crippen molar-refractivity contribution in [3.63, 3.8) is 0 Å². The summed E-state index contributed by atoms with van der Waals surface area (Å²) in [6.07, 6.45) is 0.984. The van der Waals surface area contributed by atoms with Crippen LogP contribution in [0.15, 0.2) is 34.8 Å². The second-order valence-electron chi connectivity index (χ2n) is 5.17. The highest BCUT2D eigenvalue weighted by Crippen LogP contribution is 2.41. The van der Waals surface area contributed by atoms with E-state index in [0.29, 0.717) is 0 Å². The summed E-state index contributed by atoms with van der Waals surface area (Å²) in [7, 11) is 1.71. The molecular weight excluding hydrogens is 396 g/mol. The maximum atomic E-state index is 5.57. The molecule has 0 spiro atoms. The van der Waals surface area contributed by atoms with E-state index in [1.165, 1.54) is 11.1 Å². The van der Waals surface area contributed by atoms with Crippen molar-refractivity contribution in [3.8, 4) is 11.5 Å². The summed E-state index contributed by atoms with van der Waals surface area (Å²) in [5, 5.41) is 0. The van der Waals surface area contributed by atoms with Crippen LogP contribution in [0.5, 0.6) is 11.5 Å². The first-order chi connectivity index (χ1) is 10.1. The Balaban J connectivity index is 2.02. The SMILES string of the molecule is COc1cc(C)c(Br)cc1C(Br)c1ccc2c(c1)CCO2. The Morgan fingerprint density at radius 1 is 1.24 bits per heavy atom. The summed E-state index contributed by atoms with van der Waals surface area (Å²) in [5.41, 5.74) is 4.78. The Hall–Kier alpha value is -1.00. The molecule has 0 aromatic heterocycles. The lowest BCUT2D eigenvalue weighted by Crippen LogP contribution is -1.99. The van der Waals surface area contributed by atoms with Gasteiger partial charge in [-0.25, -0.2) is 0 Å². The number of benzene rings is 2. The Morgan fingerprint density at radius 2 is 2.05 bits per heavy atom. The highest BCUT2D eigenvalue weighted by atomic mass is 79.9. The monoisotopic (exact) mass is 410 g/mol. The van der Waals surface area contributed by atoms with Gasteiger partial charge in [0, 0.05) is 16.5 Å². The van der Waals surface area contributed by atoms with Gasteiger partial charge in [-0.2, -0.15) is 0 Å². The third-order valence-electron chi connectivity index (χ3n) is 3.79. The van der Waals surface area contributed by atoms with Gasteiger partial charge in [0.1, 0.15) is 11.5 Å². The number of methoxy groups -OCH3 is 1. The molecule has 2 nitrogen and oxygen atoms in total. The number of halogens is 2. The number of ether oxygens (including phenoxy) is 2. The third kappa shape index (κ3) is 2.84. The normalized spacial score (nSPS) is 14.5. The van der Waals surface area contributed by atoms with E-state index in [0.717, 1.165) is 40.1 Å². The zero-order chi connectivity index (χ0) is 15.0. The van der Waals surface area contributed by atoms with E-state index >= 15 is 0 Å². The largest absolute Gasteiger partial charge is 0.496 e. The molecule has 2 aromatic rings. The van der Waals surface area contributed by atoms with Gasteiger partial charge in [-0.15, -0.1) is 0 Å². The molecular formula is C17H16Br2O2. The van der Waals surface area contributed by atoms with Crippen LogP contribution in [0.2, 0.25) is 0 Å². The van der Waals surface area contributed by atoms with Crippen LogP contribution in [-0.4, -0.2) is 13.7 Å². The van der Waals surface area contributed by atoms with Gasteiger partial charge in [-0.05, 0) is 41.8 Å². The number of aryl methyl sites for hydroxylation is 1. The quantitative estimate of drug-likeness (QED) is 0.647. The second kappa shape index (κ2) is 6.01. The Bertz CT molecular complexity index is 683. The lowest BCUT2D eigenvalue weighted by atomic mass is 10.00. The smallest absolute Gasteiger partial charge is 0.123 e. The number of hydrogen-bond donors (Lipinski definition) is 0. The Labute approximate surface area is 141 Å². The van der Waals surface area contributed by atoms with Crippen molar-refractivity contribution in [3.05, 3.63) is 57.1 Å². The van der Waals surface area contributed by atoms with E-state index in [4.69, 9.17) is 9.47 Å². The van der Waals surface area contributed by atoms with E-state index in [2.05, 4.69) is 69.1 Å². The zero-order valence-corrected chi connectivity index (χ0v) is 15.1. The molecule has 1 unspecified atom stereocenters. The molecule has 0 fully saturated rings.